The number of rotatable bonds is 5. The Kier molecular flexibility index (Phi) is 5.46. The van der Waals surface area contributed by atoms with Crippen molar-refractivity contribution < 1.29 is 9.59 Å². The third kappa shape index (κ3) is 4.48. The highest BCUT2D eigenvalue weighted by Crippen LogP contribution is 2.13. The molecule has 3 rings (SSSR count). The molecule has 138 valence electrons. The Morgan fingerprint density at radius 2 is 1.85 bits per heavy atom. The third-order valence-corrected chi connectivity index (χ3v) is 4.10. The van der Waals surface area contributed by atoms with Crippen LogP contribution in [0.25, 0.3) is 10.9 Å². The summed E-state index contributed by atoms with van der Waals surface area (Å²) >= 11 is 5.80. The van der Waals surface area contributed by atoms with E-state index in [0.717, 1.165) is 4.68 Å². The summed E-state index contributed by atoms with van der Waals surface area (Å²) in [6, 6.07) is 13.4. The molecule has 8 nitrogen and oxygen atoms in total. The van der Waals surface area contributed by atoms with E-state index in [1.54, 1.807) is 48.5 Å². The van der Waals surface area contributed by atoms with E-state index in [1.807, 2.05) is 0 Å². The summed E-state index contributed by atoms with van der Waals surface area (Å²) in [5, 5.41) is 11.3. The number of benzene rings is 2. The van der Waals surface area contributed by atoms with Crippen molar-refractivity contribution >= 4 is 40.0 Å². The second-order valence-corrected chi connectivity index (χ2v) is 6.31. The second-order valence-electron chi connectivity index (χ2n) is 5.87. The van der Waals surface area contributed by atoms with Crippen LogP contribution in [0.15, 0.2) is 53.3 Å². The Bertz CT molecular complexity index is 1050. The van der Waals surface area contributed by atoms with Crippen molar-refractivity contribution in [3.8, 4) is 0 Å². The van der Waals surface area contributed by atoms with E-state index in [1.165, 1.54) is 11.9 Å². The first-order valence-electron chi connectivity index (χ1n) is 8.06. The van der Waals surface area contributed by atoms with E-state index >= 15 is 0 Å². The van der Waals surface area contributed by atoms with Crippen molar-refractivity contribution in [2.24, 2.45) is 0 Å². The highest BCUT2D eigenvalue weighted by Gasteiger charge is 2.16. The maximum absolute atomic E-state index is 12.4. The predicted octanol–water partition coefficient (Wildman–Crippen LogP) is 1.54. The molecule has 2 aromatic carbocycles. The number of amides is 2. The molecule has 0 aliphatic heterocycles. The van der Waals surface area contributed by atoms with Crippen LogP contribution < -0.4 is 10.9 Å². The average Bonchev–Trinajstić information content (AvgIpc) is 2.66. The van der Waals surface area contributed by atoms with E-state index in [9.17, 15) is 14.4 Å². The van der Waals surface area contributed by atoms with Crippen molar-refractivity contribution in [2.45, 2.75) is 6.54 Å². The van der Waals surface area contributed by atoms with Gasteiger partial charge in [-0.1, -0.05) is 28.9 Å². The largest absolute Gasteiger partial charge is 0.335 e. The van der Waals surface area contributed by atoms with Gasteiger partial charge in [0, 0.05) is 17.8 Å². The number of carbonyl (C=O) groups excluding carboxylic acids is 2. The van der Waals surface area contributed by atoms with Crippen LogP contribution in [-0.2, 0) is 16.1 Å². The van der Waals surface area contributed by atoms with E-state index in [0.29, 0.717) is 21.6 Å². The van der Waals surface area contributed by atoms with Gasteiger partial charge in [0.2, 0.25) is 11.8 Å². The minimum Gasteiger partial charge on any atom is -0.335 e. The first kappa shape index (κ1) is 18.5. The van der Waals surface area contributed by atoms with Gasteiger partial charge in [0.25, 0.3) is 5.56 Å². The molecule has 0 saturated carbocycles. The summed E-state index contributed by atoms with van der Waals surface area (Å²) in [6.07, 6.45) is 0. The lowest BCUT2D eigenvalue weighted by atomic mass is 10.2. The highest BCUT2D eigenvalue weighted by molar-refractivity contribution is 6.30. The van der Waals surface area contributed by atoms with E-state index < -0.39 is 11.5 Å². The van der Waals surface area contributed by atoms with Gasteiger partial charge in [-0.05, 0) is 36.4 Å². The summed E-state index contributed by atoms with van der Waals surface area (Å²) in [6.45, 7) is -0.474. The molecule has 3 aromatic rings. The zero-order valence-corrected chi connectivity index (χ0v) is 15.2. The lowest BCUT2D eigenvalue weighted by Crippen LogP contribution is -2.39. The molecule has 2 amide bonds. The van der Waals surface area contributed by atoms with Gasteiger partial charge in [0.1, 0.15) is 12.1 Å². The summed E-state index contributed by atoms with van der Waals surface area (Å²) in [5.74, 6) is -0.807. The molecule has 1 heterocycles. The Morgan fingerprint density at radius 3 is 2.59 bits per heavy atom. The fourth-order valence-electron chi connectivity index (χ4n) is 2.41. The molecule has 0 unspecified atom stereocenters. The van der Waals surface area contributed by atoms with Crippen molar-refractivity contribution in [1.82, 2.24) is 19.9 Å². The van der Waals surface area contributed by atoms with Crippen molar-refractivity contribution in [3.63, 3.8) is 0 Å². The molecular formula is C18H16ClN5O3. The number of hydrogen-bond acceptors (Lipinski definition) is 5. The van der Waals surface area contributed by atoms with Crippen molar-refractivity contribution in [3.05, 3.63) is 63.9 Å². The van der Waals surface area contributed by atoms with Gasteiger partial charge in [-0.2, -0.15) is 0 Å². The number of carbonyl (C=O) groups is 2. The van der Waals surface area contributed by atoms with Gasteiger partial charge < -0.3 is 10.2 Å². The number of fused-ring (bicyclic) bond motifs is 1. The summed E-state index contributed by atoms with van der Waals surface area (Å²) in [4.78, 5) is 38.0. The number of aromatic nitrogens is 3. The van der Waals surface area contributed by atoms with E-state index in [4.69, 9.17) is 11.6 Å². The number of likely N-dealkylation sites (N-methyl/N-ethyl adjacent to an activating group) is 1. The lowest BCUT2D eigenvalue weighted by Gasteiger charge is -2.17. The second kappa shape index (κ2) is 7.96. The minimum atomic E-state index is -0.437. The van der Waals surface area contributed by atoms with Crippen molar-refractivity contribution in [1.29, 1.82) is 0 Å². The molecule has 0 bridgehead atoms. The highest BCUT2D eigenvalue weighted by atomic mass is 35.5. The zero-order chi connectivity index (χ0) is 19.4. The predicted molar refractivity (Wildman–Crippen MR) is 102 cm³/mol. The number of halogens is 1. The minimum absolute atomic E-state index is 0.169. The topological polar surface area (TPSA) is 97.2 Å². The maximum atomic E-state index is 12.4. The lowest BCUT2D eigenvalue weighted by molar-refractivity contribution is -0.134. The fourth-order valence-corrected chi connectivity index (χ4v) is 2.54. The number of nitrogens with one attached hydrogen (secondary N) is 1. The first-order chi connectivity index (χ1) is 12.9. The smallest absolute Gasteiger partial charge is 0.278 e. The van der Waals surface area contributed by atoms with Crippen LogP contribution in [0.3, 0.4) is 0 Å². The summed E-state index contributed by atoms with van der Waals surface area (Å²) in [7, 11) is 1.48. The molecule has 1 N–H and O–H groups in total. The Balaban J connectivity index is 1.63. The van der Waals surface area contributed by atoms with Gasteiger partial charge >= 0.3 is 0 Å². The molecule has 0 radical (unpaired) electrons. The van der Waals surface area contributed by atoms with Gasteiger partial charge in [-0.25, -0.2) is 4.68 Å². The van der Waals surface area contributed by atoms with Gasteiger partial charge in [-0.3, -0.25) is 14.4 Å². The Labute approximate surface area is 159 Å². The first-order valence-corrected chi connectivity index (χ1v) is 8.44. The molecular weight excluding hydrogens is 370 g/mol. The summed E-state index contributed by atoms with van der Waals surface area (Å²) in [5.41, 5.74) is 0.622. The SMILES string of the molecule is CN(CC(=O)Nc1ccc(Cl)cc1)C(=O)Cn1nnc2ccccc2c1=O. The third-order valence-electron chi connectivity index (χ3n) is 3.85. The molecule has 0 spiro atoms. The fraction of sp³-hybridized carbons (Fsp3) is 0.167. The van der Waals surface area contributed by atoms with Crippen LogP contribution in [0.1, 0.15) is 0 Å². The quantitative estimate of drug-likeness (QED) is 0.718. The van der Waals surface area contributed by atoms with Crippen molar-refractivity contribution in [2.75, 3.05) is 18.9 Å². The van der Waals surface area contributed by atoms with Crippen LogP contribution in [-0.4, -0.2) is 45.3 Å². The van der Waals surface area contributed by atoms with Crippen LogP contribution in [0.4, 0.5) is 5.69 Å². The Hall–Kier alpha value is -3.26. The number of anilines is 1. The van der Waals surface area contributed by atoms with Crippen LogP contribution in [0.2, 0.25) is 5.02 Å². The number of nitrogens with zero attached hydrogens (tertiary/aromatic N) is 4. The standard InChI is InChI=1S/C18H16ClN5O3/c1-23(10-16(25)20-13-8-6-12(19)7-9-13)17(26)11-24-18(27)14-4-2-3-5-15(14)21-22-24/h2-9H,10-11H2,1H3,(H,20,25). The van der Waals surface area contributed by atoms with Crippen LogP contribution in [0, 0.1) is 0 Å². The van der Waals surface area contributed by atoms with Gasteiger partial charge in [0.05, 0.1) is 11.9 Å². The molecule has 9 heteroatoms. The van der Waals surface area contributed by atoms with Gasteiger partial charge in [0.15, 0.2) is 0 Å². The molecule has 0 saturated heterocycles. The molecule has 0 aliphatic rings. The van der Waals surface area contributed by atoms with E-state index in [2.05, 4.69) is 15.6 Å². The molecule has 0 fully saturated rings. The zero-order valence-electron chi connectivity index (χ0n) is 14.4. The molecule has 27 heavy (non-hydrogen) atoms. The molecule has 1 aromatic heterocycles. The van der Waals surface area contributed by atoms with Crippen LogP contribution >= 0.6 is 11.6 Å². The van der Waals surface area contributed by atoms with Gasteiger partial charge in [-0.15, -0.1) is 5.10 Å². The van der Waals surface area contributed by atoms with E-state index in [-0.39, 0.29) is 19.0 Å². The molecule has 0 aliphatic carbocycles. The molecule has 0 atom stereocenters. The number of hydrogen-bond donors (Lipinski definition) is 1. The van der Waals surface area contributed by atoms with Crippen LogP contribution in [0.5, 0.6) is 0 Å². The normalized spacial score (nSPS) is 10.6. The average molecular weight is 386 g/mol. The maximum Gasteiger partial charge on any atom is 0.278 e. The Morgan fingerprint density at radius 1 is 1.15 bits per heavy atom. The monoisotopic (exact) mass is 385 g/mol. The summed E-state index contributed by atoms with van der Waals surface area (Å²) < 4.78 is 0.984.